The summed E-state index contributed by atoms with van der Waals surface area (Å²) in [4.78, 5) is 14.3. The molecule has 7 nitrogen and oxygen atoms in total. The second kappa shape index (κ2) is 5.64. The number of aromatic nitrogens is 1. The molecule has 0 aliphatic rings. The molecule has 0 aromatic carbocycles. The first kappa shape index (κ1) is 15.5. The molecule has 1 heterocycles. The Morgan fingerprint density at radius 1 is 1.47 bits per heavy atom. The third kappa shape index (κ3) is 4.27. The minimum Gasteiger partial charge on any atom is -0.478 e. The van der Waals surface area contributed by atoms with Crippen LogP contribution in [0.15, 0.2) is 23.4 Å². The molecule has 2 N–H and O–H groups in total. The second-order valence-electron chi connectivity index (χ2n) is 4.48. The molecule has 8 heteroatoms. The van der Waals surface area contributed by atoms with E-state index in [0.29, 0.717) is 0 Å². The van der Waals surface area contributed by atoms with E-state index in [0.717, 1.165) is 12.3 Å². The van der Waals surface area contributed by atoms with Crippen LogP contribution in [0.4, 0.5) is 0 Å². The van der Waals surface area contributed by atoms with Crippen LogP contribution in [-0.2, 0) is 14.8 Å². The zero-order valence-electron chi connectivity index (χ0n) is 10.9. The number of carbonyl (C=O) groups is 1. The zero-order valence-corrected chi connectivity index (χ0v) is 11.7. The van der Waals surface area contributed by atoms with E-state index >= 15 is 0 Å². The fourth-order valence-corrected chi connectivity index (χ4v) is 2.20. The summed E-state index contributed by atoms with van der Waals surface area (Å²) < 4.78 is 31.2. The predicted octanol–water partition coefficient (Wildman–Crippen LogP) is 0.483. The molecule has 1 aromatic rings. The number of sulfonamides is 1. The lowest BCUT2D eigenvalue weighted by molar-refractivity contribution is 0.0276. The largest absolute Gasteiger partial charge is 0.478 e. The van der Waals surface area contributed by atoms with Crippen LogP contribution >= 0.6 is 0 Å². The lowest BCUT2D eigenvalue weighted by Crippen LogP contribution is -2.39. The van der Waals surface area contributed by atoms with Gasteiger partial charge in [0.05, 0.1) is 11.2 Å². The van der Waals surface area contributed by atoms with Gasteiger partial charge < -0.3 is 9.84 Å². The summed E-state index contributed by atoms with van der Waals surface area (Å²) in [6.45, 7) is 3.54. The van der Waals surface area contributed by atoms with E-state index in [1.165, 1.54) is 13.2 Å². The summed E-state index contributed by atoms with van der Waals surface area (Å²) in [5, 5.41) is 8.47. The van der Waals surface area contributed by atoms with E-state index in [1.54, 1.807) is 13.8 Å². The van der Waals surface area contributed by atoms with Crippen LogP contribution in [0, 0.1) is 0 Å². The topological polar surface area (TPSA) is 106 Å². The first-order chi connectivity index (χ1) is 8.68. The molecule has 0 fully saturated rings. The van der Waals surface area contributed by atoms with Gasteiger partial charge in [-0.05, 0) is 26.0 Å². The standard InChI is InChI=1S/C11H16N2O5S/c1-11(2,18-3)7-13-19(16,17)9-5-4-8(6-12-9)10(14)15/h4-6,13H,7H2,1-3H3,(H,14,15). The number of nitrogens with one attached hydrogen (secondary N) is 1. The molecular formula is C11H16N2O5S. The van der Waals surface area contributed by atoms with Crippen molar-refractivity contribution in [2.24, 2.45) is 0 Å². The Hall–Kier alpha value is -1.51. The molecule has 0 saturated carbocycles. The molecule has 0 atom stereocenters. The van der Waals surface area contributed by atoms with E-state index < -0.39 is 21.6 Å². The van der Waals surface area contributed by atoms with Crippen molar-refractivity contribution >= 4 is 16.0 Å². The van der Waals surface area contributed by atoms with Gasteiger partial charge in [0.15, 0.2) is 5.03 Å². The molecule has 0 spiro atoms. The second-order valence-corrected chi connectivity index (χ2v) is 6.19. The van der Waals surface area contributed by atoms with Crippen LogP contribution < -0.4 is 4.72 Å². The summed E-state index contributed by atoms with van der Waals surface area (Å²) in [7, 11) is -2.30. The summed E-state index contributed by atoms with van der Waals surface area (Å²) in [6.07, 6.45) is 0.998. The maximum atomic E-state index is 11.9. The van der Waals surface area contributed by atoms with Crippen LogP contribution in [0.5, 0.6) is 0 Å². The Morgan fingerprint density at radius 2 is 2.11 bits per heavy atom. The Balaban J connectivity index is 2.86. The van der Waals surface area contributed by atoms with Gasteiger partial charge in [-0.2, -0.15) is 0 Å². The van der Waals surface area contributed by atoms with Crippen LogP contribution in [0.1, 0.15) is 24.2 Å². The Morgan fingerprint density at radius 3 is 2.53 bits per heavy atom. The van der Waals surface area contributed by atoms with Crippen molar-refractivity contribution < 1.29 is 23.1 Å². The molecular weight excluding hydrogens is 272 g/mol. The van der Waals surface area contributed by atoms with Crippen molar-refractivity contribution in [3.63, 3.8) is 0 Å². The number of aromatic carboxylic acids is 1. The molecule has 0 unspecified atom stereocenters. The minimum absolute atomic E-state index is 0.0730. The monoisotopic (exact) mass is 288 g/mol. The van der Waals surface area contributed by atoms with Crippen LogP contribution in [0.25, 0.3) is 0 Å². The van der Waals surface area contributed by atoms with E-state index in [-0.39, 0.29) is 17.1 Å². The summed E-state index contributed by atoms with van der Waals surface area (Å²) in [6, 6.07) is 2.33. The fourth-order valence-electron chi connectivity index (χ4n) is 1.08. The maximum absolute atomic E-state index is 11.9. The van der Waals surface area contributed by atoms with Gasteiger partial charge in [-0.3, -0.25) is 0 Å². The number of methoxy groups -OCH3 is 1. The number of hydrogen-bond acceptors (Lipinski definition) is 5. The first-order valence-electron chi connectivity index (χ1n) is 5.42. The smallest absolute Gasteiger partial charge is 0.337 e. The first-order valence-corrected chi connectivity index (χ1v) is 6.90. The fraction of sp³-hybridized carbons (Fsp3) is 0.455. The molecule has 0 bridgehead atoms. The van der Waals surface area contributed by atoms with Crippen molar-refractivity contribution in [1.29, 1.82) is 0 Å². The van der Waals surface area contributed by atoms with Crippen molar-refractivity contribution in [2.45, 2.75) is 24.5 Å². The van der Waals surface area contributed by atoms with E-state index in [4.69, 9.17) is 9.84 Å². The minimum atomic E-state index is -3.78. The molecule has 1 aromatic heterocycles. The quantitative estimate of drug-likeness (QED) is 0.789. The molecule has 0 amide bonds. The highest BCUT2D eigenvalue weighted by molar-refractivity contribution is 7.89. The number of nitrogens with zero attached hydrogens (tertiary/aromatic N) is 1. The van der Waals surface area contributed by atoms with Crippen molar-refractivity contribution in [1.82, 2.24) is 9.71 Å². The van der Waals surface area contributed by atoms with Crippen LogP contribution in [0.3, 0.4) is 0 Å². The average molecular weight is 288 g/mol. The zero-order chi connectivity index (χ0) is 14.7. The number of rotatable bonds is 6. The molecule has 1 rings (SSSR count). The lowest BCUT2D eigenvalue weighted by atomic mass is 10.1. The molecule has 0 aliphatic heterocycles. The summed E-state index contributed by atoms with van der Waals surface area (Å²) >= 11 is 0. The van der Waals surface area contributed by atoms with Gasteiger partial charge in [-0.1, -0.05) is 0 Å². The normalized spacial score (nSPS) is 12.4. The van der Waals surface area contributed by atoms with Gasteiger partial charge in [-0.15, -0.1) is 0 Å². The maximum Gasteiger partial charge on any atom is 0.337 e. The number of carboxylic acid groups (broad SMARTS) is 1. The highest BCUT2D eigenvalue weighted by atomic mass is 32.2. The van der Waals surface area contributed by atoms with Gasteiger partial charge in [-0.25, -0.2) is 22.9 Å². The summed E-state index contributed by atoms with van der Waals surface area (Å²) in [5.41, 5.74) is -0.718. The van der Waals surface area contributed by atoms with E-state index in [2.05, 4.69) is 9.71 Å². The van der Waals surface area contributed by atoms with Crippen molar-refractivity contribution in [3.05, 3.63) is 23.9 Å². The van der Waals surface area contributed by atoms with E-state index in [9.17, 15) is 13.2 Å². The van der Waals surface area contributed by atoms with Gasteiger partial charge in [0.1, 0.15) is 0 Å². The van der Waals surface area contributed by atoms with Gasteiger partial charge in [0.2, 0.25) is 0 Å². The number of pyridine rings is 1. The highest BCUT2D eigenvalue weighted by Gasteiger charge is 2.22. The molecule has 19 heavy (non-hydrogen) atoms. The molecule has 0 saturated heterocycles. The third-order valence-electron chi connectivity index (χ3n) is 2.50. The van der Waals surface area contributed by atoms with E-state index in [1.807, 2.05) is 0 Å². The number of carboxylic acids is 1. The van der Waals surface area contributed by atoms with Crippen LogP contribution in [-0.4, -0.2) is 43.7 Å². The molecule has 106 valence electrons. The third-order valence-corrected chi connectivity index (χ3v) is 3.82. The molecule has 0 aliphatic carbocycles. The van der Waals surface area contributed by atoms with Gasteiger partial charge >= 0.3 is 5.97 Å². The lowest BCUT2D eigenvalue weighted by Gasteiger charge is -2.22. The average Bonchev–Trinajstić information content (AvgIpc) is 2.37. The molecule has 0 radical (unpaired) electrons. The van der Waals surface area contributed by atoms with Crippen molar-refractivity contribution in [3.8, 4) is 0 Å². The Kier molecular flexibility index (Phi) is 4.61. The van der Waals surface area contributed by atoms with Crippen LogP contribution in [0.2, 0.25) is 0 Å². The predicted molar refractivity (Wildman–Crippen MR) is 67.5 cm³/mol. The Labute approximate surface area is 111 Å². The number of hydrogen-bond donors (Lipinski definition) is 2. The van der Waals surface area contributed by atoms with Gasteiger partial charge in [0.25, 0.3) is 10.0 Å². The van der Waals surface area contributed by atoms with Gasteiger partial charge in [0, 0.05) is 19.9 Å². The number of ether oxygens (including phenoxy) is 1. The summed E-state index contributed by atoms with van der Waals surface area (Å²) in [5.74, 6) is -1.16. The highest BCUT2D eigenvalue weighted by Crippen LogP contribution is 2.10. The Bertz CT molecular complexity index is 551. The SMILES string of the molecule is COC(C)(C)CNS(=O)(=O)c1ccc(C(=O)O)cn1. The van der Waals surface area contributed by atoms with Crippen molar-refractivity contribution in [2.75, 3.05) is 13.7 Å².